The van der Waals surface area contributed by atoms with Crippen molar-refractivity contribution < 1.29 is 9.32 Å². The third-order valence-electron chi connectivity index (χ3n) is 2.55. The summed E-state index contributed by atoms with van der Waals surface area (Å²) in [7, 11) is 0. The van der Waals surface area contributed by atoms with E-state index in [1.807, 2.05) is 0 Å². The molecule has 6 nitrogen and oxygen atoms in total. The first-order valence-corrected chi connectivity index (χ1v) is 5.02. The summed E-state index contributed by atoms with van der Waals surface area (Å²) in [6.45, 7) is 3.01. The molecule has 2 heterocycles. The van der Waals surface area contributed by atoms with Crippen LogP contribution < -0.4 is 5.73 Å². The van der Waals surface area contributed by atoms with E-state index >= 15 is 0 Å². The highest BCUT2D eigenvalue weighted by Crippen LogP contribution is 2.11. The number of carbonyl (C=O) groups excluding carboxylic acids is 1. The normalized spacial score (nSPS) is 18.1. The second-order valence-corrected chi connectivity index (χ2v) is 3.77. The standard InChI is InChI=1S/C9H14N4O2/c1-6-11-8(12-15-6)9(14)13-4-2-7(10)3-5-13/h7H,2-5,10H2,1H3. The summed E-state index contributed by atoms with van der Waals surface area (Å²) < 4.78 is 4.76. The van der Waals surface area contributed by atoms with Crippen LogP contribution in [0.1, 0.15) is 29.4 Å². The van der Waals surface area contributed by atoms with E-state index in [9.17, 15) is 4.79 Å². The number of aromatic nitrogens is 2. The molecule has 1 aliphatic rings. The minimum atomic E-state index is -0.168. The zero-order valence-electron chi connectivity index (χ0n) is 8.64. The SMILES string of the molecule is Cc1nc(C(=O)N2CCC(N)CC2)no1. The van der Waals surface area contributed by atoms with Crippen molar-refractivity contribution in [3.05, 3.63) is 11.7 Å². The van der Waals surface area contributed by atoms with Crippen LogP contribution in [0.15, 0.2) is 4.52 Å². The number of piperidine rings is 1. The minimum absolute atomic E-state index is 0.142. The second-order valence-electron chi connectivity index (χ2n) is 3.77. The highest BCUT2D eigenvalue weighted by atomic mass is 16.5. The molecule has 0 radical (unpaired) electrons. The van der Waals surface area contributed by atoms with Gasteiger partial charge in [0, 0.05) is 26.1 Å². The lowest BCUT2D eigenvalue weighted by Gasteiger charge is -2.29. The van der Waals surface area contributed by atoms with Crippen molar-refractivity contribution in [2.45, 2.75) is 25.8 Å². The van der Waals surface area contributed by atoms with Crippen LogP contribution in [-0.2, 0) is 0 Å². The molecule has 0 aromatic carbocycles. The number of hydrogen-bond acceptors (Lipinski definition) is 5. The van der Waals surface area contributed by atoms with Gasteiger partial charge >= 0.3 is 0 Å². The fourth-order valence-corrected chi connectivity index (χ4v) is 1.63. The van der Waals surface area contributed by atoms with Gasteiger partial charge in [0.1, 0.15) is 0 Å². The van der Waals surface area contributed by atoms with Crippen molar-refractivity contribution in [1.82, 2.24) is 15.0 Å². The van der Waals surface area contributed by atoms with E-state index in [1.54, 1.807) is 11.8 Å². The van der Waals surface area contributed by atoms with Gasteiger partial charge < -0.3 is 15.2 Å². The number of amides is 1. The Morgan fingerprint density at radius 2 is 2.20 bits per heavy atom. The highest BCUT2D eigenvalue weighted by molar-refractivity contribution is 5.90. The predicted octanol–water partition coefficient (Wildman–Crippen LogP) is -0.0587. The number of hydrogen-bond donors (Lipinski definition) is 1. The van der Waals surface area contributed by atoms with Crippen molar-refractivity contribution in [3.8, 4) is 0 Å². The molecule has 0 aliphatic carbocycles. The number of carbonyl (C=O) groups is 1. The summed E-state index contributed by atoms with van der Waals surface area (Å²) in [6, 6.07) is 0.209. The monoisotopic (exact) mass is 210 g/mol. The smallest absolute Gasteiger partial charge is 0.295 e. The largest absolute Gasteiger partial charge is 0.339 e. The molecule has 82 valence electrons. The molecule has 0 bridgehead atoms. The lowest BCUT2D eigenvalue weighted by Crippen LogP contribution is -2.43. The van der Waals surface area contributed by atoms with Gasteiger partial charge in [-0.15, -0.1) is 0 Å². The van der Waals surface area contributed by atoms with Crippen LogP contribution >= 0.6 is 0 Å². The molecule has 1 aromatic heterocycles. The van der Waals surface area contributed by atoms with Crippen LogP contribution in [0, 0.1) is 6.92 Å². The lowest BCUT2D eigenvalue weighted by molar-refractivity contribution is 0.0699. The van der Waals surface area contributed by atoms with Crippen LogP contribution in [0.4, 0.5) is 0 Å². The molecular formula is C9H14N4O2. The van der Waals surface area contributed by atoms with E-state index in [1.165, 1.54) is 0 Å². The molecule has 1 saturated heterocycles. The van der Waals surface area contributed by atoms with Crippen molar-refractivity contribution in [1.29, 1.82) is 0 Å². The molecule has 2 rings (SSSR count). The Morgan fingerprint density at radius 1 is 1.53 bits per heavy atom. The average molecular weight is 210 g/mol. The van der Waals surface area contributed by atoms with Crippen molar-refractivity contribution in [2.24, 2.45) is 5.73 Å². The Morgan fingerprint density at radius 3 is 2.73 bits per heavy atom. The fourth-order valence-electron chi connectivity index (χ4n) is 1.63. The number of nitrogens with two attached hydrogens (primary N) is 1. The summed E-state index contributed by atoms with van der Waals surface area (Å²) in [5.41, 5.74) is 5.75. The summed E-state index contributed by atoms with van der Waals surface area (Å²) in [4.78, 5) is 17.4. The van der Waals surface area contributed by atoms with E-state index in [0.717, 1.165) is 12.8 Å². The molecule has 1 aromatic rings. The van der Waals surface area contributed by atoms with Gasteiger partial charge in [-0.25, -0.2) is 0 Å². The molecule has 1 aliphatic heterocycles. The average Bonchev–Trinajstić information content (AvgIpc) is 2.65. The van der Waals surface area contributed by atoms with Crippen LogP contribution in [0.25, 0.3) is 0 Å². The van der Waals surface area contributed by atoms with Gasteiger partial charge in [-0.3, -0.25) is 4.79 Å². The molecule has 15 heavy (non-hydrogen) atoms. The van der Waals surface area contributed by atoms with Crippen molar-refractivity contribution in [2.75, 3.05) is 13.1 Å². The van der Waals surface area contributed by atoms with E-state index < -0.39 is 0 Å². The molecule has 6 heteroatoms. The quantitative estimate of drug-likeness (QED) is 0.702. The lowest BCUT2D eigenvalue weighted by atomic mass is 10.1. The first kappa shape index (κ1) is 10.1. The molecule has 0 unspecified atom stereocenters. The molecule has 0 saturated carbocycles. The van der Waals surface area contributed by atoms with Crippen LogP contribution in [0.2, 0.25) is 0 Å². The van der Waals surface area contributed by atoms with Gasteiger partial charge in [-0.1, -0.05) is 5.16 Å². The number of likely N-dealkylation sites (tertiary alicyclic amines) is 1. The van der Waals surface area contributed by atoms with Crippen LogP contribution in [0.5, 0.6) is 0 Å². The zero-order valence-corrected chi connectivity index (χ0v) is 8.64. The predicted molar refractivity (Wildman–Crippen MR) is 52.1 cm³/mol. The van der Waals surface area contributed by atoms with E-state index in [0.29, 0.717) is 19.0 Å². The zero-order chi connectivity index (χ0) is 10.8. The fraction of sp³-hybridized carbons (Fsp3) is 0.667. The number of aryl methyl sites for hydroxylation is 1. The Labute approximate surface area is 87.4 Å². The van der Waals surface area contributed by atoms with E-state index in [-0.39, 0.29) is 17.8 Å². The van der Waals surface area contributed by atoms with E-state index in [2.05, 4.69) is 10.1 Å². The summed E-state index contributed by atoms with van der Waals surface area (Å²) >= 11 is 0. The topological polar surface area (TPSA) is 85.2 Å². The third kappa shape index (κ3) is 2.15. The molecular weight excluding hydrogens is 196 g/mol. The Balaban J connectivity index is 2.02. The Kier molecular flexibility index (Phi) is 2.68. The van der Waals surface area contributed by atoms with Gasteiger partial charge in [-0.2, -0.15) is 4.98 Å². The first-order valence-electron chi connectivity index (χ1n) is 5.02. The van der Waals surface area contributed by atoms with Gasteiger partial charge in [0.05, 0.1) is 0 Å². The molecule has 2 N–H and O–H groups in total. The van der Waals surface area contributed by atoms with Gasteiger partial charge in [0.15, 0.2) is 0 Å². The van der Waals surface area contributed by atoms with Gasteiger partial charge in [-0.05, 0) is 12.8 Å². The van der Waals surface area contributed by atoms with Crippen molar-refractivity contribution >= 4 is 5.91 Å². The molecule has 1 fully saturated rings. The Bertz CT molecular complexity index is 355. The molecule has 0 atom stereocenters. The molecule has 0 spiro atoms. The van der Waals surface area contributed by atoms with Gasteiger partial charge in [0.25, 0.3) is 11.7 Å². The third-order valence-corrected chi connectivity index (χ3v) is 2.55. The summed E-state index contributed by atoms with van der Waals surface area (Å²) in [5, 5.41) is 3.60. The number of nitrogens with zero attached hydrogens (tertiary/aromatic N) is 3. The summed E-state index contributed by atoms with van der Waals surface area (Å²) in [5.74, 6) is 0.383. The highest BCUT2D eigenvalue weighted by Gasteiger charge is 2.24. The Hall–Kier alpha value is -1.43. The van der Waals surface area contributed by atoms with Crippen LogP contribution in [0.3, 0.4) is 0 Å². The van der Waals surface area contributed by atoms with Gasteiger partial charge in [0.2, 0.25) is 5.89 Å². The maximum absolute atomic E-state index is 11.8. The second kappa shape index (κ2) is 3.98. The van der Waals surface area contributed by atoms with Crippen molar-refractivity contribution in [3.63, 3.8) is 0 Å². The van der Waals surface area contributed by atoms with Crippen LogP contribution in [-0.4, -0.2) is 40.1 Å². The van der Waals surface area contributed by atoms with E-state index in [4.69, 9.17) is 10.3 Å². The summed E-state index contributed by atoms with van der Waals surface area (Å²) in [6.07, 6.45) is 1.67. The maximum Gasteiger partial charge on any atom is 0.295 e. The number of rotatable bonds is 1. The maximum atomic E-state index is 11.8. The first-order chi connectivity index (χ1) is 7.16. The molecule has 1 amide bonds. The minimum Gasteiger partial charge on any atom is -0.339 e.